The molecule has 0 aliphatic rings. The summed E-state index contributed by atoms with van der Waals surface area (Å²) in [7, 11) is 0. The number of rotatable bonds is 17. The summed E-state index contributed by atoms with van der Waals surface area (Å²) in [6, 6.07) is 4.02. The lowest BCUT2D eigenvalue weighted by molar-refractivity contribution is -0.166. The van der Waals surface area contributed by atoms with Crippen molar-refractivity contribution in [3.8, 4) is 11.5 Å². The molecule has 0 amide bonds. The summed E-state index contributed by atoms with van der Waals surface area (Å²) in [5.41, 5.74) is -1.80. The highest BCUT2D eigenvalue weighted by atomic mass is 16.7. The summed E-state index contributed by atoms with van der Waals surface area (Å²) in [6.07, 6.45) is 1.87. The van der Waals surface area contributed by atoms with Gasteiger partial charge in [-0.25, -0.2) is 9.59 Å². The number of aliphatic carboxylic acids is 1. The lowest BCUT2D eigenvalue weighted by Crippen LogP contribution is -2.59. The second kappa shape index (κ2) is 16.7. The molecular formula is C29H45NO9. The molecule has 0 saturated heterocycles. The van der Waals surface area contributed by atoms with Gasteiger partial charge in [-0.15, -0.1) is 0 Å². The number of benzene rings is 1. The quantitative estimate of drug-likeness (QED) is 0.108. The first-order valence-electron chi connectivity index (χ1n) is 13.8. The summed E-state index contributed by atoms with van der Waals surface area (Å²) < 4.78 is 21.5. The van der Waals surface area contributed by atoms with E-state index in [2.05, 4.69) is 5.32 Å². The molecule has 1 aromatic carbocycles. The van der Waals surface area contributed by atoms with E-state index >= 15 is 0 Å². The lowest BCUT2D eigenvalue weighted by Gasteiger charge is -2.31. The maximum Gasteiger partial charge on any atom is 0.510 e. The van der Waals surface area contributed by atoms with Crippen LogP contribution in [0.4, 0.5) is 4.79 Å². The van der Waals surface area contributed by atoms with E-state index in [9.17, 15) is 24.3 Å². The van der Waals surface area contributed by atoms with Crippen LogP contribution in [0.2, 0.25) is 0 Å². The predicted molar refractivity (Wildman–Crippen MR) is 146 cm³/mol. The zero-order valence-corrected chi connectivity index (χ0v) is 24.3. The first-order chi connectivity index (χ1) is 18.3. The standard InChI is InChI=1S/C29H45NO9/c1-8-11-14-36-28(35)39-29(27(33)34,30-19(4)5)18-22-12-13-23(37-25(31)15-20(6)9-2)24(17-22)38-26(32)16-21(7)10-3/h12-13,17,19-21,30H,8-11,14-16,18H2,1-7H3,(H,33,34)/t20?,21?,29-/m0/s1. The summed E-state index contributed by atoms with van der Waals surface area (Å²) in [5.74, 6) is -2.20. The van der Waals surface area contributed by atoms with E-state index in [1.54, 1.807) is 13.8 Å². The van der Waals surface area contributed by atoms with Crippen molar-refractivity contribution in [1.82, 2.24) is 5.32 Å². The molecule has 0 bridgehead atoms. The Bertz CT molecular complexity index is 962. The minimum atomic E-state index is -2.16. The Morgan fingerprint density at radius 3 is 1.95 bits per heavy atom. The van der Waals surface area contributed by atoms with E-state index in [1.165, 1.54) is 18.2 Å². The van der Waals surface area contributed by atoms with Gasteiger partial charge in [0.2, 0.25) is 0 Å². The van der Waals surface area contributed by atoms with Crippen LogP contribution in [-0.2, 0) is 30.3 Å². The molecule has 1 rings (SSSR count). The summed E-state index contributed by atoms with van der Waals surface area (Å²) >= 11 is 0. The highest BCUT2D eigenvalue weighted by Gasteiger charge is 2.44. The molecule has 0 saturated carbocycles. The van der Waals surface area contributed by atoms with Crippen molar-refractivity contribution in [2.75, 3.05) is 6.61 Å². The highest BCUT2D eigenvalue weighted by Crippen LogP contribution is 2.32. The van der Waals surface area contributed by atoms with Crippen molar-refractivity contribution in [2.24, 2.45) is 11.8 Å². The van der Waals surface area contributed by atoms with Crippen molar-refractivity contribution in [2.45, 2.75) is 105 Å². The molecular weight excluding hydrogens is 506 g/mol. The minimum Gasteiger partial charge on any atom is -0.477 e. The van der Waals surface area contributed by atoms with Gasteiger partial charge in [0.25, 0.3) is 5.72 Å². The van der Waals surface area contributed by atoms with Gasteiger partial charge >= 0.3 is 24.1 Å². The Balaban J connectivity index is 3.38. The Labute approximate surface area is 231 Å². The van der Waals surface area contributed by atoms with Crippen LogP contribution in [0.3, 0.4) is 0 Å². The van der Waals surface area contributed by atoms with Crippen LogP contribution >= 0.6 is 0 Å². The normalized spacial score (nSPS) is 14.2. The molecule has 39 heavy (non-hydrogen) atoms. The van der Waals surface area contributed by atoms with Gasteiger partial charge < -0.3 is 24.1 Å². The molecule has 0 aliphatic heterocycles. The Morgan fingerprint density at radius 1 is 0.897 bits per heavy atom. The van der Waals surface area contributed by atoms with Gasteiger partial charge in [0.05, 0.1) is 6.61 Å². The number of carbonyl (C=O) groups is 4. The van der Waals surface area contributed by atoms with E-state index in [0.717, 1.165) is 19.3 Å². The third kappa shape index (κ3) is 12.1. The van der Waals surface area contributed by atoms with Crippen LogP contribution in [0.25, 0.3) is 0 Å². The molecule has 10 nitrogen and oxygen atoms in total. The molecule has 0 spiro atoms. The van der Waals surface area contributed by atoms with Crippen LogP contribution in [-0.4, -0.2) is 47.5 Å². The molecule has 0 aliphatic carbocycles. The van der Waals surface area contributed by atoms with Crippen molar-refractivity contribution >= 4 is 24.1 Å². The lowest BCUT2D eigenvalue weighted by atomic mass is 10.0. The zero-order valence-electron chi connectivity index (χ0n) is 24.3. The molecule has 220 valence electrons. The van der Waals surface area contributed by atoms with Gasteiger partial charge in [-0.1, -0.05) is 59.9 Å². The van der Waals surface area contributed by atoms with Gasteiger partial charge in [-0.05, 0) is 49.8 Å². The molecule has 0 heterocycles. The molecule has 3 atom stereocenters. The third-order valence-electron chi connectivity index (χ3n) is 6.18. The van der Waals surface area contributed by atoms with Crippen LogP contribution in [0, 0.1) is 11.8 Å². The maximum absolute atomic E-state index is 12.6. The Kier molecular flexibility index (Phi) is 14.5. The smallest absolute Gasteiger partial charge is 0.477 e. The molecule has 2 N–H and O–H groups in total. The monoisotopic (exact) mass is 551 g/mol. The number of hydrogen-bond donors (Lipinski definition) is 2. The van der Waals surface area contributed by atoms with Crippen LogP contribution in [0.1, 0.15) is 92.6 Å². The number of nitrogens with one attached hydrogen (secondary N) is 1. The van der Waals surface area contributed by atoms with Gasteiger partial charge in [-0.3, -0.25) is 14.9 Å². The number of carboxylic acid groups (broad SMARTS) is 1. The van der Waals surface area contributed by atoms with Gasteiger partial charge in [0.15, 0.2) is 11.5 Å². The van der Waals surface area contributed by atoms with Crippen molar-refractivity contribution in [3.63, 3.8) is 0 Å². The fourth-order valence-corrected chi connectivity index (χ4v) is 3.54. The molecule has 0 fully saturated rings. The molecule has 1 aromatic rings. The Hall–Kier alpha value is -3.14. The van der Waals surface area contributed by atoms with Crippen LogP contribution in [0.5, 0.6) is 11.5 Å². The average Bonchev–Trinajstić information content (AvgIpc) is 2.84. The topological polar surface area (TPSA) is 137 Å². The second-order valence-corrected chi connectivity index (χ2v) is 10.3. The molecule has 0 aromatic heterocycles. The number of hydrogen-bond acceptors (Lipinski definition) is 9. The fraction of sp³-hybridized carbons (Fsp3) is 0.655. The summed E-state index contributed by atoms with van der Waals surface area (Å²) in [6.45, 7) is 13.2. The number of carboxylic acids is 1. The maximum atomic E-state index is 12.6. The number of esters is 2. The van der Waals surface area contributed by atoms with Crippen molar-refractivity contribution in [3.05, 3.63) is 23.8 Å². The van der Waals surface area contributed by atoms with Crippen LogP contribution in [0.15, 0.2) is 18.2 Å². The van der Waals surface area contributed by atoms with E-state index in [-0.39, 0.29) is 55.2 Å². The second-order valence-electron chi connectivity index (χ2n) is 10.3. The van der Waals surface area contributed by atoms with E-state index in [0.29, 0.717) is 12.0 Å². The third-order valence-corrected chi connectivity index (χ3v) is 6.18. The first-order valence-corrected chi connectivity index (χ1v) is 13.8. The van der Waals surface area contributed by atoms with Gasteiger partial charge in [0.1, 0.15) is 0 Å². The van der Waals surface area contributed by atoms with E-state index in [4.69, 9.17) is 18.9 Å². The largest absolute Gasteiger partial charge is 0.510 e. The zero-order chi connectivity index (χ0) is 29.6. The fourth-order valence-electron chi connectivity index (χ4n) is 3.54. The SMILES string of the molecule is CCCCOC(=O)O[C@](Cc1ccc(OC(=O)CC(C)CC)c(OC(=O)CC(C)CC)c1)(NC(C)C)C(=O)O. The van der Waals surface area contributed by atoms with Gasteiger partial charge in [-0.2, -0.15) is 0 Å². The van der Waals surface area contributed by atoms with E-state index in [1.807, 2.05) is 34.6 Å². The Morgan fingerprint density at radius 2 is 1.46 bits per heavy atom. The van der Waals surface area contributed by atoms with Crippen molar-refractivity contribution in [1.29, 1.82) is 0 Å². The highest BCUT2D eigenvalue weighted by molar-refractivity contribution is 5.81. The number of ether oxygens (including phenoxy) is 4. The molecule has 2 unspecified atom stereocenters. The van der Waals surface area contributed by atoms with Crippen LogP contribution < -0.4 is 14.8 Å². The number of carbonyl (C=O) groups excluding carboxylic acids is 3. The first kappa shape index (κ1) is 33.9. The van der Waals surface area contributed by atoms with Gasteiger partial charge in [0, 0.05) is 25.3 Å². The molecule has 0 radical (unpaired) electrons. The predicted octanol–water partition coefficient (Wildman–Crippen LogP) is 5.64. The number of unbranched alkanes of at least 4 members (excludes halogenated alkanes) is 1. The summed E-state index contributed by atoms with van der Waals surface area (Å²) in [5, 5.41) is 12.9. The van der Waals surface area contributed by atoms with Crippen molar-refractivity contribution < 1.29 is 43.2 Å². The average molecular weight is 552 g/mol. The van der Waals surface area contributed by atoms with E-state index < -0.39 is 29.8 Å². The summed E-state index contributed by atoms with van der Waals surface area (Å²) in [4.78, 5) is 49.9. The molecule has 10 heteroatoms. The minimum absolute atomic E-state index is 0.0207.